The number of methoxy groups -OCH3 is 2. The molecule has 2 aromatic rings. The second-order valence-electron chi connectivity index (χ2n) is 6.78. The SMILES string of the molecule is COCCCN1C(=O)C(=O)/C(=C(\O)c2cc(Cl)c(OC)c(Cl)c2)C1c1sccc1C. The summed E-state index contributed by atoms with van der Waals surface area (Å²) in [6.07, 6.45) is 0.560. The molecule has 1 N–H and O–H groups in total. The van der Waals surface area contributed by atoms with Crippen molar-refractivity contribution < 1.29 is 24.2 Å². The number of hydrogen-bond acceptors (Lipinski definition) is 6. The highest BCUT2D eigenvalue weighted by atomic mass is 35.5. The molecule has 9 heteroatoms. The van der Waals surface area contributed by atoms with Crippen molar-refractivity contribution in [1.29, 1.82) is 0 Å². The van der Waals surface area contributed by atoms with Crippen LogP contribution in [0.2, 0.25) is 10.0 Å². The molecule has 1 amide bonds. The number of hydrogen-bond donors (Lipinski definition) is 1. The summed E-state index contributed by atoms with van der Waals surface area (Å²) in [5.74, 6) is -1.46. The summed E-state index contributed by atoms with van der Waals surface area (Å²) in [6.45, 7) is 2.67. The van der Waals surface area contributed by atoms with Gasteiger partial charge in [0.25, 0.3) is 11.7 Å². The van der Waals surface area contributed by atoms with Gasteiger partial charge in [-0.25, -0.2) is 0 Å². The van der Waals surface area contributed by atoms with Gasteiger partial charge >= 0.3 is 0 Å². The Bertz CT molecular complexity index is 994. The minimum absolute atomic E-state index is 0.0141. The molecule has 1 aromatic heterocycles. The highest BCUT2D eigenvalue weighted by Crippen LogP contribution is 2.44. The summed E-state index contributed by atoms with van der Waals surface area (Å²) < 4.78 is 10.2. The Morgan fingerprint density at radius 1 is 1.23 bits per heavy atom. The monoisotopic (exact) mass is 469 g/mol. The third kappa shape index (κ3) is 4.07. The summed E-state index contributed by atoms with van der Waals surface area (Å²) in [6, 6.07) is 4.13. The van der Waals surface area contributed by atoms with Gasteiger partial charge in [0.2, 0.25) is 0 Å². The van der Waals surface area contributed by atoms with Gasteiger partial charge in [-0.3, -0.25) is 9.59 Å². The quantitative estimate of drug-likeness (QED) is 0.272. The molecule has 1 atom stereocenters. The Labute approximate surface area is 188 Å². The van der Waals surface area contributed by atoms with Crippen LogP contribution >= 0.6 is 34.5 Å². The molecule has 1 saturated heterocycles. The second kappa shape index (κ2) is 9.39. The van der Waals surface area contributed by atoms with E-state index in [2.05, 4.69) is 0 Å². The number of ether oxygens (including phenoxy) is 2. The van der Waals surface area contributed by atoms with Gasteiger partial charge in [-0.1, -0.05) is 23.2 Å². The molecule has 1 aliphatic heterocycles. The van der Waals surface area contributed by atoms with Crippen LogP contribution in [0.15, 0.2) is 29.2 Å². The first-order chi connectivity index (χ1) is 14.3. The minimum atomic E-state index is -0.745. The lowest BCUT2D eigenvalue weighted by molar-refractivity contribution is -0.140. The Balaban J connectivity index is 2.16. The molecular formula is C21H21Cl2NO5S. The number of aryl methyl sites for hydroxylation is 1. The maximum atomic E-state index is 12.9. The molecule has 0 aliphatic carbocycles. The fourth-order valence-corrected chi connectivity index (χ4v) is 5.16. The molecule has 6 nitrogen and oxygen atoms in total. The van der Waals surface area contributed by atoms with E-state index < -0.39 is 17.7 Å². The molecule has 1 fully saturated rings. The van der Waals surface area contributed by atoms with E-state index in [9.17, 15) is 14.7 Å². The van der Waals surface area contributed by atoms with Crippen molar-refractivity contribution in [2.45, 2.75) is 19.4 Å². The number of aliphatic hydroxyl groups is 1. The number of aliphatic hydroxyl groups excluding tert-OH is 1. The number of ketones is 1. The van der Waals surface area contributed by atoms with Crippen LogP contribution in [0, 0.1) is 6.92 Å². The second-order valence-corrected chi connectivity index (χ2v) is 8.54. The lowest BCUT2D eigenvalue weighted by atomic mass is 9.98. The molecule has 1 aliphatic rings. The zero-order valence-electron chi connectivity index (χ0n) is 16.7. The van der Waals surface area contributed by atoms with E-state index in [1.807, 2.05) is 18.4 Å². The van der Waals surface area contributed by atoms with Crippen molar-refractivity contribution in [3.05, 3.63) is 55.2 Å². The van der Waals surface area contributed by atoms with Gasteiger partial charge in [0.15, 0.2) is 5.75 Å². The normalized spacial score (nSPS) is 18.3. The van der Waals surface area contributed by atoms with Crippen LogP contribution in [-0.4, -0.2) is 49.1 Å². The first kappa shape index (κ1) is 22.6. The molecule has 0 saturated carbocycles. The topological polar surface area (TPSA) is 76.1 Å². The maximum Gasteiger partial charge on any atom is 0.295 e. The summed E-state index contributed by atoms with van der Waals surface area (Å²) in [4.78, 5) is 28.1. The third-order valence-corrected chi connectivity index (χ3v) is 6.55. The highest BCUT2D eigenvalue weighted by molar-refractivity contribution is 7.10. The molecule has 3 rings (SSSR count). The van der Waals surface area contributed by atoms with Crippen molar-refractivity contribution in [2.24, 2.45) is 0 Å². The van der Waals surface area contributed by atoms with E-state index >= 15 is 0 Å². The first-order valence-corrected chi connectivity index (χ1v) is 10.8. The Morgan fingerprint density at radius 2 is 1.90 bits per heavy atom. The molecule has 0 radical (unpaired) electrons. The van der Waals surface area contributed by atoms with Crippen molar-refractivity contribution in [3.63, 3.8) is 0 Å². The van der Waals surface area contributed by atoms with Crippen molar-refractivity contribution >= 4 is 52.0 Å². The predicted octanol–water partition coefficient (Wildman–Crippen LogP) is 4.83. The largest absolute Gasteiger partial charge is 0.507 e. The number of rotatable bonds is 7. The number of thiophene rings is 1. The van der Waals surface area contributed by atoms with E-state index in [1.165, 1.54) is 35.5 Å². The lowest BCUT2D eigenvalue weighted by Gasteiger charge is -2.24. The number of benzene rings is 1. The van der Waals surface area contributed by atoms with E-state index in [0.29, 0.717) is 19.6 Å². The maximum absolute atomic E-state index is 12.9. The van der Waals surface area contributed by atoms with Crippen molar-refractivity contribution in [3.8, 4) is 5.75 Å². The summed E-state index contributed by atoms with van der Waals surface area (Å²) >= 11 is 13.8. The van der Waals surface area contributed by atoms with Gasteiger partial charge in [0, 0.05) is 30.7 Å². The Kier molecular flexibility index (Phi) is 7.08. The molecule has 160 valence electrons. The molecule has 1 unspecified atom stereocenters. The van der Waals surface area contributed by atoms with Crippen LogP contribution in [0.5, 0.6) is 5.75 Å². The first-order valence-electron chi connectivity index (χ1n) is 9.16. The average molecular weight is 470 g/mol. The van der Waals surface area contributed by atoms with Crippen LogP contribution in [0.25, 0.3) is 5.76 Å². The number of Topliss-reactive ketones (excluding diaryl/α,β-unsaturated/α-hetero) is 1. The van der Waals surface area contributed by atoms with Gasteiger partial charge in [0.1, 0.15) is 5.76 Å². The fraction of sp³-hybridized carbons (Fsp3) is 0.333. The van der Waals surface area contributed by atoms with Crippen LogP contribution in [0.4, 0.5) is 0 Å². The van der Waals surface area contributed by atoms with Gasteiger partial charge in [-0.2, -0.15) is 0 Å². The molecule has 2 heterocycles. The minimum Gasteiger partial charge on any atom is -0.507 e. The lowest BCUT2D eigenvalue weighted by Crippen LogP contribution is -2.31. The average Bonchev–Trinajstić information content (AvgIpc) is 3.23. The summed E-state index contributed by atoms with van der Waals surface area (Å²) in [7, 11) is 3.00. The standard InChI is InChI=1S/C21H21Cl2NO5S/c1-11-5-8-30-20(11)16-15(18(26)21(27)24(16)6-4-7-28-2)17(25)12-9-13(22)19(29-3)14(23)10-12/h5,8-10,16,25H,4,6-7H2,1-3H3/b17-15-. The zero-order chi connectivity index (χ0) is 22.0. The van der Waals surface area contributed by atoms with Gasteiger partial charge in [-0.15, -0.1) is 11.3 Å². The molecule has 0 spiro atoms. The van der Waals surface area contributed by atoms with E-state index in [1.54, 1.807) is 7.11 Å². The van der Waals surface area contributed by atoms with E-state index in [4.69, 9.17) is 32.7 Å². The summed E-state index contributed by atoms with van der Waals surface area (Å²) in [5, 5.41) is 13.3. The molecule has 30 heavy (non-hydrogen) atoms. The number of nitrogens with zero attached hydrogens (tertiary/aromatic N) is 1. The smallest absolute Gasteiger partial charge is 0.295 e. The number of halogens is 2. The zero-order valence-corrected chi connectivity index (χ0v) is 19.0. The molecule has 1 aromatic carbocycles. The van der Waals surface area contributed by atoms with Crippen LogP contribution in [0.3, 0.4) is 0 Å². The Morgan fingerprint density at radius 3 is 2.43 bits per heavy atom. The van der Waals surface area contributed by atoms with Crippen LogP contribution in [-0.2, 0) is 14.3 Å². The van der Waals surface area contributed by atoms with Gasteiger partial charge in [-0.05, 0) is 42.5 Å². The highest BCUT2D eigenvalue weighted by Gasteiger charge is 2.46. The van der Waals surface area contributed by atoms with E-state index in [-0.39, 0.29) is 32.7 Å². The predicted molar refractivity (Wildman–Crippen MR) is 118 cm³/mol. The summed E-state index contributed by atoms with van der Waals surface area (Å²) in [5.41, 5.74) is 1.18. The molecule has 0 bridgehead atoms. The number of carbonyl (C=O) groups is 2. The molecular weight excluding hydrogens is 449 g/mol. The van der Waals surface area contributed by atoms with Crippen LogP contribution < -0.4 is 4.74 Å². The van der Waals surface area contributed by atoms with Crippen LogP contribution in [0.1, 0.15) is 28.5 Å². The van der Waals surface area contributed by atoms with Crippen molar-refractivity contribution in [1.82, 2.24) is 4.90 Å². The van der Waals surface area contributed by atoms with Gasteiger partial charge < -0.3 is 19.5 Å². The number of carbonyl (C=O) groups excluding carboxylic acids is 2. The number of likely N-dealkylation sites (tertiary alicyclic amines) is 1. The fourth-order valence-electron chi connectivity index (χ4n) is 3.47. The van der Waals surface area contributed by atoms with Crippen molar-refractivity contribution in [2.75, 3.05) is 27.4 Å². The van der Waals surface area contributed by atoms with Gasteiger partial charge in [0.05, 0.1) is 28.8 Å². The van der Waals surface area contributed by atoms with E-state index in [0.717, 1.165) is 10.4 Å². The third-order valence-electron chi connectivity index (χ3n) is 4.91. The Hall–Kier alpha value is -2.06. The number of amides is 1.